The molecule has 0 fully saturated rings. The van der Waals surface area contributed by atoms with Gasteiger partial charge in [-0.15, -0.1) is 0 Å². The predicted molar refractivity (Wildman–Crippen MR) is 102 cm³/mol. The monoisotopic (exact) mass is 300 g/mol. The van der Waals surface area contributed by atoms with Crippen LogP contribution in [0.3, 0.4) is 0 Å². The van der Waals surface area contributed by atoms with Gasteiger partial charge in [-0.3, -0.25) is 0 Å². The van der Waals surface area contributed by atoms with Crippen molar-refractivity contribution in [2.75, 3.05) is 0 Å². The molecular formula is C23H24. The van der Waals surface area contributed by atoms with E-state index < -0.39 is 0 Å². The van der Waals surface area contributed by atoms with Crippen molar-refractivity contribution in [1.82, 2.24) is 0 Å². The maximum Gasteiger partial charge on any atom is 0.0146 e. The van der Waals surface area contributed by atoms with Gasteiger partial charge in [0.05, 0.1) is 0 Å². The fourth-order valence-corrected chi connectivity index (χ4v) is 2.47. The summed E-state index contributed by atoms with van der Waals surface area (Å²) in [6.07, 6.45) is 1.83. The first-order valence-corrected chi connectivity index (χ1v) is 7.93. The second kappa shape index (κ2) is 8.14. The van der Waals surface area contributed by atoms with Crippen molar-refractivity contribution in [3.63, 3.8) is 0 Å². The van der Waals surface area contributed by atoms with Crippen LogP contribution >= 0.6 is 0 Å². The molecule has 0 atom stereocenters. The highest BCUT2D eigenvalue weighted by atomic mass is 14.2. The summed E-state index contributed by atoms with van der Waals surface area (Å²) < 4.78 is 0. The molecule has 3 aromatic carbocycles. The lowest BCUT2D eigenvalue weighted by molar-refractivity contribution is 0.641. The Morgan fingerprint density at radius 1 is 0.609 bits per heavy atom. The minimum atomic E-state index is 0.0858. The van der Waals surface area contributed by atoms with Crippen molar-refractivity contribution in [2.45, 2.75) is 19.3 Å². The molecule has 0 aromatic heterocycles. The number of benzene rings is 3. The molecule has 0 aliphatic heterocycles. The molecule has 0 bridgehead atoms. The summed E-state index contributed by atoms with van der Waals surface area (Å²) in [7, 11) is 0. The normalized spacial score (nSPS) is 10.3. The van der Waals surface area contributed by atoms with Gasteiger partial charge in [0.2, 0.25) is 0 Å². The van der Waals surface area contributed by atoms with Crippen LogP contribution in [-0.4, -0.2) is 0 Å². The molecule has 0 unspecified atom stereocenters. The Kier molecular flexibility index (Phi) is 5.94. The Morgan fingerprint density at radius 2 is 0.957 bits per heavy atom. The lowest BCUT2D eigenvalue weighted by Gasteiger charge is -2.25. The minimum absolute atomic E-state index is 0.0858. The van der Waals surface area contributed by atoms with Gasteiger partial charge in [-0.05, 0) is 16.7 Å². The Labute approximate surface area is 140 Å². The van der Waals surface area contributed by atoms with Gasteiger partial charge in [0.25, 0.3) is 0 Å². The van der Waals surface area contributed by atoms with E-state index in [9.17, 15) is 0 Å². The Hall–Kier alpha value is -2.60. The van der Waals surface area contributed by atoms with E-state index in [4.69, 9.17) is 0 Å². The summed E-state index contributed by atoms with van der Waals surface area (Å²) in [4.78, 5) is 0. The first-order chi connectivity index (χ1) is 11.1. The summed E-state index contributed by atoms with van der Waals surface area (Å²) in [6, 6.07) is 31.3. The highest BCUT2D eigenvalue weighted by Crippen LogP contribution is 2.30. The van der Waals surface area contributed by atoms with Gasteiger partial charge in [-0.2, -0.15) is 0 Å². The number of hydrogen-bond donors (Lipinski definition) is 0. The average Bonchev–Trinajstić information content (AvgIpc) is 2.64. The van der Waals surface area contributed by atoms with E-state index in [-0.39, 0.29) is 5.41 Å². The van der Waals surface area contributed by atoms with Crippen LogP contribution in [0.15, 0.2) is 97.6 Å². The van der Waals surface area contributed by atoms with E-state index in [1.807, 2.05) is 36.4 Å². The fourth-order valence-electron chi connectivity index (χ4n) is 2.47. The molecule has 0 radical (unpaired) electrons. The second-order valence-corrected chi connectivity index (χ2v) is 5.97. The van der Waals surface area contributed by atoms with Gasteiger partial charge in [0, 0.05) is 5.41 Å². The smallest absolute Gasteiger partial charge is 0.0146 e. The molecule has 0 aliphatic carbocycles. The molecule has 116 valence electrons. The quantitative estimate of drug-likeness (QED) is 0.529. The molecule has 0 nitrogen and oxygen atoms in total. The number of hydrogen-bond acceptors (Lipinski definition) is 0. The number of rotatable bonds is 3. The Balaban J connectivity index is 0.000000203. The van der Waals surface area contributed by atoms with E-state index in [0.29, 0.717) is 0 Å². The molecule has 0 heterocycles. The van der Waals surface area contributed by atoms with Gasteiger partial charge in [-0.1, -0.05) is 117 Å². The Bertz CT molecular complexity index is 653. The van der Waals surface area contributed by atoms with Crippen LogP contribution in [0.25, 0.3) is 6.08 Å². The van der Waals surface area contributed by atoms with Gasteiger partial charge in [0.15, 0.2) is 0 Å². The standard InChI is InChI=1S/C15H16.C8H8/c1-15(2,13-9-5-3-6-10-13)14-11-7-4-8-12-14;1-2-8-6-4-3-5-7-8/h3-12H,1-2H3;2-7H,1H2. The van der Waals surface area contributed by atoms with Crippen LogP contribution in [-0.2, 0) is 5.41 Å². The van der Waals surface area contributed by atoms with Crippen molar-refractivity contribution < 1.29 is 0 Å². The van der Waals surface area contributed by atoms with Crippen LogP contribution in [0, 0.1) is 0 Å². The zero-order valence-corrected chi connectivity index (χ0v) is 13.9. The van der Waals surface area contributed by atoms with Crippen LogP contribution in [0.4, 0.5) is 0 Å². The van der Waals surface area contributed by atoms with Crippen molar-refractivity contribution in [1.29, 1.82) is 0 Å². The topological polar surface area (TPSA) is 0 Å². The maximum atomic E-state index is 3.63. The summed E-state index contributed by atoms with van der Waals surface area (Å²) >= 11 is 0. The van der Waals surface area contributed by atoms with E-state index in [0.717, 1.165) is 0 Å². The lowest BCUT2D eigenvalue weighted by atomic mass is 9.78. The molecule has 0 amide bonds. The predicted octanol–water partition coefficient (Wildman–Crippen LogP) is 6.34. The van der Waals surface area contributed by atoms with Crippen molar-refractivity contribution in [3.05, 3.63) is 114 Å². The molecule has 0 saturated heterocycles. The molecular weight excluding hydrogens is 276 g/mol. The van der Waals surface area contributed by atoms with E-state index in [2.05, 4.69) is 81.1 Å². The molecule has 0 aliphatic rings. The van der Waals surface area contributed by atoms with Gasteiger partial charge >= 0.3 is 0 Å². The first kappa shape index (κ1) is 16.8. The molecule has 0 N–H and O–H groups in total. The molecule has 0 spiro atoms. The lowest BCUT2D eigenvalue weighted by Crippen LogP contribution is -2.18. The van der Waals surface area contributed by atoms with Gasteiger partial charge in [-0.25, -0.2) is 0 Å². The van der Waals surface area contributed by atoms with Gasteiger partial charge < -0.3 is 0 Å². The average molecular weight is 300 g/mol. The van der Waals surface area contributed by atoms with E-state index >= 15 is 0 Å². The Morgan fingerprint density at radius 3 is 1.26 bits per heavy atom. The summed E-state index contributed by atoms with van der Waals surface area (Å²) in [5.41, 5.74) is 3.97. The maximum absolute atomic E-state index is 3.63. The summed E-state index contributed by atoms with van der Waals surface area (Å²) in [5, 5.41) is 0. The first-order valence-electron chi connectivity index (χ1n) is 7.93. The van der Waals surface area contributed by atoms with E-state index in [1.54, 1.807) is 0 Å². The van der Waals surface area contributed by atoms with Crippen molar-refractivity contribution in [2.24, 2.45) is 0 Å². The second-order valence-electron chi connectivity index (χ2n) is 5.97. The van der Waals surface area contributed by atoms with Crippen molar-refractivity contribution in [3.8, 4) is 0 Å². The highest BCUT2D eigenvalue weighted by molar-refractivity contribution is 5.45. The van der Waals surface area contributed by atoms with Crippen molar-refractivity contribution >= 4 is 6.08 Å². The van der Waals surface area contributed by atoms with Crippen LogP contribution in [0.2, 0.25) is 0 Å². The SMILES string of the molecule is C=Cc1ccccc1.CC(C)(c1ccccc1)c1ccccc1. The minimum Gasteiger partial charge on any atom is -0.0985 e. The third kappa shape index (κ3) is 4.69. The zero-order valence-electron chi connectivity index (χ0n) is 13.9. The fraction of sp³-hybridized carbons (Fsp3) is 0.130. The zero-order chi connectivity index (χ0) is 16.5. The molecule has 23 heavy (non-hydrogen) atoms. The van der Waals surface area contributed by atoms with Crippen LogP contribution < -0.4 is 0 Å². The van der Waals surface area contributed by atoms with Gasteiger partial charge in [0.1, 0.15) is 0 Å². The third-order valence-corrected chi connectivity index (χ3v) is 4.03. The largest absolute Gasteiger partial charge is 0.0985 e. The van der Waals surface area contributed by atoms with E-state index in [1.165, 1.54) is 16.7 Å². The summed E-state index contributed by atoms with van der Waals surface area (Å²) in [6.45, 7) is 8.15. The van der Waals surface area contributed by atoms with Crippen LogP contribution in [0.1, 0.15) is 30.5 Å². The molecule has 3 aromatic rings. The third-order valence-electron chi connectivity index (χ3n) is 4.03. The van der Waals surface area contributed by atoms with Crippen LogP contribution in [0.5, 0.6) is 0 Å². The highest BCUT2D eigenvalue weighted by Gasteiger charge is 2.21. The molecule has 3 rings (SSSR count). The molecule has 0 saturated carbocycles. The summed E-state index contributed by atoms with van der Waals surface area (Å²) in [5.74, 6) is 0. The molecule has 0 heteroatoms.